The molecule has 2 heterocycles. The maximum atomic E-state index is 13.1. The lowest BCUT2D eigenvalue weighted by Crippen LogP contribution is -2.44. The summed E-state index contributed by atoms with van der Waals surface area (Å²) in [7, 11) is 3.15. The molecule has 2 aromatic rings. The van der Waals surface area contributed by atoms with Crippen molar-refractivity contribution in [2.24, 2.45) is 4.99 Å². The Morgan fingerprint density at radius 1 is 1.11 bits per heavy atom. The highest BCUT2D eigenvalue weighted by molar-refractivity contribution is 6.19. The number of halogens is 1. The van der Waals surface area contributed by atoms with Crippen LogP contribution in [-0.4, -0.2) is 45.6 Å². The van der Waals surface area contributed by atoms with Crippen molar-refractivity contribution in [1.29, 1.82) is 0 Å². The van der Waals surface area contributed by atoms with Crippen LogP contribution >= 0.6 is 12.4 Å². The number of aliphatic imine (C=N–C) groups is 1. The van der Waals surface area contributed by atoms with Crippen molar-refractivity contribution < 1.29 is 14.3 Å². The summed E-state index contributed by atoms with van der Waals surface area (Å²) in [6, 6.07) is 13.4. The van der Waals surface area contributed by atoms with Gasteiger partial charge >= 0.3 is 0 Å². The number of nitrogens with zero attached hydrogens (tertiary/aromatic N) is 3. The van der Waals surface area contributed by atoms with Crippen LogP contribution in [0.5, 0.6) is 11.5 Å². The third-order valence-corrected chi connectivity index (χ3v) is 4.75. The molecule has 0 N–H and O–H groups in total. The van der Waals surface area contributed by atoms with E-state index in [9.17, 15) is 4.79 Å². The summed E-state index contributed by atoms with van der Waals surface area (Å²) < 4.78 is 10.6. The minimum atomic E-state index is -0.0364. The van der Waals surface area contributed by atoms with Crippen LogP contribution in [0.1, 0.15) is 16.8 Å². The first-order chi connectivity index (χ1) is 12.7. The van der Waals surface area contributed by atoms with Gasteiger partial charge in [0.25, 0.3) is 0 Å². The van der Waals surface area contributed by atoms with Gasteiger partial charge in [0, 0.05) is 13.1 Å². The first-order valence-electron chi connectivity index (χ1n) is 8.66. The van der Waals surface area contributed by atoms with E-state index in [1.54, 1.807) is 32.4 Å². The average Bonchev–Trinajstić information content (AvgIpc) is 3.01. The number of ketones is 1. The molecule has 27 heavy (non-hydrogen) atoms. The third-order valence-electron chi connectivity index (χ3n) is 4.75. The fourth-order valence-electron chi connectivity index (χ4n) is 3.50. The topological polar surface area (TPSA) is 54.4 Å². The fourth-order valence-corrected chi connectivity index (χ4v) is 3.50. The lowest BCUT2D eigenvalue weighted by Gasteiger charge is -2.26. The SMILES string of the molecule is COc1ccc(OC)c(C(=O)CN2C3=NCCCN3c3ccccc32)c1.Cl. The number of hydrogen-bond donors (Lipinski definition) is 0. The average molecular weight is 388 g/mol. The number of para-hydroxylation sites is 2. The molecule has 0 unspecified atom stereocenters. The van der Waals surface area contributed by atoms with Gasteiger partial charge in [-0.25, -0.2) is 0 Å². The number of rotatable bonds is 5. The normalized spacial score (nSPS) is 14.7. The molecule has 0 fully saturated rings. The Morgan fingerprint density at radius 3 is 2.63 bits per heavy atom. The van der Waals surface area contributed by atoms with E-state index in [1.807, 2.05) is 23.1 Å². The monoisotopic (exact) mass is 387 g/mol. The fraction of sp³-hybridized carbons (Fsp3) is 0.300. The highest BCUT2D eigenvalue weighted by Crippen LogP contribution is 2.38. The van der Waals surface area contributed by atoms with Crippen LogP contribution in [0.2, 0.25) is 0 Å². The Bertz CT molecular complexity index is 885. The highest BCUT2D eigenvalue weighted by Gasteiger charge is 2.35. The number of guanidine groups is 1. The molecule has 0 aliphatic carbocycles. The standard InChI is InChI=1S/C20H21N3O3.ClH/c1-25-14-8-9-19(26-2)15(12-14)18(24)13-23-17-7-4-3-6-16(17)22-11-5-10-21-20(22)23;/h3-4,6-9,12H,5,10-11,13H2,1-2H3;1H. The van der Waals surface area contributed by atoms with E-state index in [0.717, 1.165) is 36.8 Å². The van der Waals surface area contributed by atoms with E-state index in [1.165, 1.54) is 0 Å². The van der Waals surface area contributed by atoms with Crippen LogP contribution in [0.25, 0.3) is 0 Å². The molecular formula is C20H22ClN3O3. The summed E-state index contributed by atoms with van der Waals surface area (Å²) in [5, 5.41) is 0. The van der Waals surface area contributed by atoms with Crippen LogP contribution in [0, 0.1) is 0 Å². The first-order valence-corrected chi connectivity index (χ1v) is 8.66. The summed E-state index contributed by atoms with van der Waals surface area (Å²) in [6.07, 6.45) is 1.02. The van der Waals surface area contributed by atoms with Crippen LogP contribution in [0.3, 0.4) is 0 Å². The summed E-state index contributed by atoms with van der Waals surface area (Å²) in [6.45, 7) is 1.91. The minimum Gasteiger partial charge on any atom is -0.497 e. The number of Topliss-reactive ketones (excluding diaryl/α,β-unsaturated/α-hetero) is 1. The molecule has 0 aromatic heterocycles. The lowest BCUT2D eigenvalue weighted by atomic mass is 10.1. The summed E-state index contributed by atoms with van der Waals surface area (Å²) >= 11 is 0. The molecule has 0 saturated heterocycles. The number of benzene rings is 2. The largest absolute Gasteiger partial charge is 0.497 e. The number of fused-ring (bicyclic) bond motifs is 3. The second kappa shape index (κ2) is 7.88. The van der Waals surface area contributed by atoms with Crippen LogP contribution in [-0.2, 0) is 0 Å². The van der Waals surface area contributed by atoms with Crippen LogP contribution < -0.4 is 19.3 Å². The minimum absolute atomic E-state index is 0. The maximum Gasteiger partial charge on any atom is 0.206 e. The molecule has 0 saturated carbocycles. The van der Waals surface area contributed by atoms with Crippen LogP contribution in [0.4, 0.5) is 11.4 Å². The van der Waals surface area contributed by atoms with Crippen LogP contribution in [0.15, 0.2) is 47.5 Å². The van der Waals surface area contributed by atoms with Gasteiger partial charge in [-0.2, -0.15) is 0 Å². The Labute approximate surface area is 164 Å². The number of carbonyl (C=O) groups is 1. The van der Waals surface area contributed by atoms with E-state index < -0.39 is 0 Å². The zero-order valence-electron chi connectivity index (χ0n) is 15.3. The zero-order valence-corrected chi connectivity index (χ0v) is 16.2. The quantitative estimate of drug-likeness (QED) is 0.736. The lowest BCUT2D eigenvalue weighted by molar-refractivity contribution is 0.0999. The third kappa shape index (κ3) is 3.32. The second-order valence-corrected chi connectivity index (χ2v) is 6.25. The Kier molecular flexibility index (Phi) is 5.56. The number of methoxy groups -OCH3 is 2. The van der Waals surface area contributed by atoms with E-state index >= 15 is 0 Å². The summed E-state index contributed by atoms with van der Waals surface area (Å²) in [5.41, 5.74) is 2.64. The van der Waals surface area contributed by atoms with E-state index in [2.05, 4.69) is 16.0 Å². The van der Waals surface area contributed by atoms with E-state index in [-0.39, 0.29) is 24.7 Å². The first kappa shape index (κ1) is 19.0. The van der Waals surface area contributed by atoms with Crippen molar-refractivity contribution in [2.75, 3.05) is 43.7 Å². The molecule has 0 radical (unpaired) electrons. The van der Waals surface area contributed by atoms with Gasteiger partial charge in [0.15, 0.2) is 5.78 Å². The van der Waals surface area contributed by atoms with E-state index in [4.69, 9.17) is 9.47 Å². The molecule has 0 bridgehead atoms. The highest BCUT2D eigenvalue weighted by atomic mass is 35.5. The van der Waals surface area contributed by atoms with Crippen molar-refractivity contribution in [3.05, 3.63) is 48.0 Å². The molecule has 142 valence electrons. The molecule has 7 heteroatoms. The predicted octanol–water partition coefficient (Wildman–Crippen LogP) is 3.39. The van der Waals surface area contributed by atoms with Crippen molar-refractivity contribution in [1.82, 2.24) is 0 Å². The summed E-state index contributed by atoms with van der Waals surface area (Å²) in [5.74, 6) is 2.00. The molecule has 0 atom stereocenters. The van der Waals surface area contributed by atoms with Gasteiger partial charge in [-0.05, 0) is 36.8 Å². The molecule has 4 rings (SSSR count). The van der Waals surface area contributed by atoms with Gasteiger partial charge < -0.3 is 19.3 Å². The number of carbonyl (C=O) groups excluding carboxylic acids is 1. The zero-order chi connectivity index (χ0) is 18.1. The predicted molar refractivity (Wildman–Crippen MR) is 109 cm³/mol. The molecule has 2 aromatic carbocycles. The molecule has 6 nitrogen and oxygen atoms in total. The smallest absolute Gasteiger partial charge is 0.206 e. The number of anilines is 2. The van der Waals surface area contributed by atoms with Gasteiger partial charge in [-0.3, -0.25) is 9.79 Å². The molecule has 2 aliphatic rings. The van der Waals surface area contributed by atoms with E-state index in [0.29, 0.717) is 17.1 Å². The Morgan fingerprint density at radius 2 is 1.89 bits per heavy atom. The van der Waals surface area contributed by atoms with Crippen molar-refractivity contribution in [3.63, 3.8) is 0 Å². The maximum absolute atomic E-state index is 13.1. The van der Waals surface area contributed by atoms with Crippen molar-refractivity contribution >= 4 is 35.5 Å². The van der Waals surface area contributed by atoms with Gasteiger partial charge in [0.1, 0.15) is 11.5 Å². The van der Waals surface area contributed by atoms with Gasteiger partial charge in [-0.1, -0.05) is 12.1 Å². The molecule has 0 spiro atoms. The second-order valence-electron chi connectivity index (χ2n) is 6.25. The molecule has 0 amide bonds. The van der Waals surface area contributed by atoms with Gasteiger partial charge in [-0.15, -0.1) is 12.4 Å². The van der Waals surface area contributed by atoms with Crippen molar-refractivity contribution in [2.45, 2.75) is 6.42 Å². The summed E-state index contributed by atoms with van der Waals surface area (Å²) in [4.78, 5) is 21.9. The molecular weight excluding hydrogens is 366 g/mol. The number of ether oxygens (including phenoxy) is 2. The Hall–Kier alpha value is -2.73. The Balaban J connectivity index is 0.00000210. The number of hydrogen-bond acceptors (Lipinski definition) is 6. The van der Waals surface area contributed by atoms with Crippen molar-refractivity contribution in [3.8, 4) is 11.5 Å². The van der Waals surface area contributed by atoms with Gasteiger partial charge in [0.2, 0.25) is 5.96 Å². The van der Waals surface area contributed by atoms with Gasteiger partial charge in [0.05, 0.1) is 37.7 Å². The molecule has 2 aliphatic heterocycles.